The first-order valence-electron chi connectivity index (χ1n) is 12.1. The van der Waals surface area contributed by atoms with E-state index in [2.05, 4.69) is 39.8 Å². The Bertz CT molecular complexity index is 1350. The minimum atomic E-state index is -0.760. The van der Waals surface area contributed by atoms with E-state index in [0.717, 1.165) is 20.9 Å². The maximum absolute atomic E-state index is 13.4. The molecule has 0 radical (unpaired) electrons. The molecule has 1 fully saturated rings. The second kappa shape index (κ2) is 10.9. The summed E-state index contributed by atoms with van der Waals surface area (Å²) in [6.07, 6.45) is 0. The van der Waals surface area contributed by atoms with Crippen LogP contribution in [0.25, 0.3) is 10.4 Å². The van der Waals surface area contributed by atoms with Crippen LogP contribution in [0.2, 0.25) is 0 Å². The summed E-state index contributed by atoms with van der Waals surface area (Å²) in [6, 6.07) is 22.1. The number of ether oxygens (including phenoxy) is 1. The quantitative estimate of drug-likeness (QED) is 0.338. The maximum atomic E-state index is 13.4. The molecule has 3 heterocycles. The summed E-state index contributed by atoms with van der Waals surface area (Å²) in [6.45, 7) is 6.34. The predicted octanol–water partition coefficient (Wildman–Crippen LogP) is 5.54. The molecule has 1 saturated heterocycles. The van der Waals surface area contributed by atoms with Gasteiger partial charge in [0.05, 0.1) is 18.6 Å². The highest BCUT2D eigenvalue weighted by molar-refractivity contribution is 7.15. The molecule has 1 aliphatic rings. The van der Waals surface area contributed by atoms with E-state index in [1.165, 1.54) is 11.3 Å². The molecule has 4 aromatic rings. The summed E-state index contributed by atoms with van der Waals surface area (Å²) < 4.78 is 5.36. The van der Waals surface area contributed by atoms with Gasteiger partial charge in [0.25, 0.3) is 5.91 Å². The Morgan fingerprint density at radius 2 is 1.73 bits per heavy atom. The van der Waals surface area contributed by atoms with Crippen LogP contribution in [0.4, 0.5) is 5.13 Å². The fourth-order valence-electron chi connectivity index (χ4n) is 4.59. The van der Waals surface area contributed by atoms with Gasteiger partial charge in [-0.05, 0) is 35.4 Å². The van der Waals surface area contributed by atoms with Gasteiger partial charge in [0, 0.05) is 34.3 Å². The van der Waals surface area contributed by atoms with E-state index >= 15 is 0 Å². The van der Waals surface area contributed by atoms with Crippen LogP contribution in [-0.4, -0.2) is 53.2 Å². The standard InChI is InChI=1S/C28H28N4O3S2/c1-28(2,26(34)30-27-31-29-18-36-27)24(20-6-4-3-5-7-20)23-13-12-22(37-23)19-8-10-21(11-9-19)25(33)32-14-16-35-17-15-32/h3-13,18,24H,14-17H2,1-2H3,(H,30,31,34). The average molecular weight is 533 g/mol. The number of anilines is 1. The zero-order valence-corrected chi connectivity index (χ0v) is 22.3. The summed E-state index contributed by atoms with van der Waals surface area (Å²) in [5, 5.41) is 11.2. The van der Waals surface area contributed by atoms with Gasteiger partial charge in [-0.3, -0.25) is 9.59 Å². The van der Waals surface area contributed by atoms with Gasteiger partial charge in [0.15, 0.2) is 0 Å². The van der Waals surface area contributed by atoms with Crippen molar-refractivity contribution in [1.29, 1.82) is 0 Å². The van der Waals surface area contributed by atoms with Gasteiger partial charge in [-0.25, -0.2) is 0 Å². The fourth-order valence-corrected chi connectivity index (χ4v) is 6.36. The summed E-state index contributed by atoms with van der Waals surface area (Å²) >= 11 is 2.97. The Hall–Kier alpha value is -3.40. The molecule has 7 nitrogen and oxygen atoms in total. The molecule has 0 spiro atoms. The fraction of sp³-hybridized carbons (Fsp3) is 0.286. The van der Waals surface area contributed by atoms with Crippen molar-refractivity contribution in [2.24, 2.45) is 5.41 Å². The maximum Gasteiger partial charge on any atom is 0.254 e. The molecular formula is C28H28N4O3S2. The lowest BCUT2D eigenvalue weighted by molar-refractivity contribution is -0.124. The van der Waals surface area contributed by atoms with Crippen LogP contribution in [0.1, 0.15) is 40.6 Å². The number of thiophene rings is 1. The van der Waals surface area contributed by atoms with Crippen molar-refractivity contribution in [3.8, 4) is 10.4 Å². The Morgan fingerprint density at radius 3 is 2.41 bits per heavy atom. The third-order valence-electron chi connectivity index (χ3n) is 6.65. The zero-order chi connectivity index (χ0) is 25.8. The van der Waals surface area contributed by atoms with Gasteiger partial charge in [-0.1, -0.05) is 67.6 Å². The van der Waals surface area contributed by atoms with Crippen molar-refractivity contribution in [1.82, 2.24) is 15.1 Å². The third-order valence-corrected chi connectivity index (χ3v) is 8.45. The first kappa shape index (κ1) is 25.3. The topological polar surface area (TPSA) is 84.4 Å². The van der Waals surface area contributed by atoms with E-state index < -0.39 is 5.41 Å². The van der Waals surface area contributed by atoms with Gasteiger partial charge in [0.2, 0.25) is 11.0 Å². The zero-order valence-electron chi connectivity index (χ0n) is 20.7. The van der Waals surface area contributed by atoms with Crippen molar-refractivity contribution >= 4 is 39.6 Å². The van der Waals surface area contributed by atoms with Crippen LogP contribution < -0.4 is 5.32 Å². The van der Waals surface area contributed by atoms with Crippen LogP contribution in [-0.2, 0) is 9.53 Å². The van der Waals surface area contributed by atoms with E-state index in [0.29, 0.717) is 37.0 Å². The Morgan fingerprint density at radius 1 is 1.00 bits per heavy atom. The minimum absolute atomic E-state index is 0.0362. The van der Waals surface area contributed by atoms with Crippen molar-refractivity contribution < 1.29 is 14.3 Å². The number of carbonyl (C=O) groups excluding carboxylic acids is 2. The van der Waals surface area contributed by atoms with E-state index in [1.807, 2.05) is 61.2 Å². The minimum Gasteiger partial charge on any atom is -0.378 e. The molecule has 1 aliphatic heterocycles. The summed E-state index contributed by atoms with van der Waals surface area (Å²) in [4.78, 5) is 30.2. The number of hydrogen-bond donors (Lipinski definition) is 1. The third kappa shape index (κ3) is 5.49. The van der Waals surface area contributed by atoms with Crippen molar-refractivity contribution in [3.05, 3.63) is 88.2 Å². The van der Waals surface area contributed by atoms with E-state index in [1.54, 1.807) is 16.8 Å². The lowest BCUT2D eigenvalue weighted by Gasteiger charge is -2.32. The molecule has 0 aliphatic carbocycles. The largest absolute Gasteiger partial charge is 0.378 e. The first-order chi connectivity index (χ1) is 17.9. The van der Waals surface area contributed by atoms with Crippen molar-refractivity contribution in [2.75, 3.05) is 31.6 Å². The first-order valence-corrected chi connectivity index (χ1v) is 13.8. The van der Waals surface area contributed by atoms with E-state index in [-0.39, 0.29) is 17.7 Å². The molecule has 190 valence electrons. The average Bonchev–Trinajstić information content (AvgIpc) is 3.62. The highest BCUT2D eigenvalue weighted by Crippen LogP contribution is 2.45. The molecule has 1 atom stereocenters. The Labute approximate surface area is 224 Å². The molecule has 0 saturated carbocycles. The monoisotopic (exact) mass is 532 g/mol. The number of hydrogen-bond acceptors (Lipinski definition) is 7. The second-order valence-electron chi connectivity index (χ2n) is 9.45. The summed E-state index contributed by atoms with van der Waals surface area (Å²) in [5.74, 6) is -0.240. The lowest BCUT2D eigenvalue weighted by Crippen LogP contribution is -2.40. The number of nitrogens with one attached hydrogen (secondary N) is 1. The number of carbonyl (C=O) groups is 2. The highest BCUT2D eigenvalue weighted by Gasteiger charge is 2.40. The van der Waals surface area contributed by atoms with Crippen LogP contribution in [0, 0.1) is 5.41 Å². The normalized spacial score (nSPS) is 14.8. The van der Waals surface area contributed by atoms with Crippen LogP contribution in [0.5, 0.6) is 0 Å². The number of rotatable bonds is 7. The SMILES string of the molecule is CC(C)(C(=O)Nc1nncs1)C(c1ccccc1)c1ccc(-c2ccc(C(=O)N3CCOCC3)cc2)s1. The van der Waals surface area contributed by atoms with Crippen molar-refractivity contribution in [2.45, 2.75) is 19.8 Å². The predicted molar refractivity (Wildman–Crippen MR) is 147 cm³/mol. The Kier molecular flexibility index (Phi) is 7.45. The Balaban J connectivity index is 1.41. The highest BCUT2D eigenvalue weighted by atomic mass is 32.1. The summed E-state index contributed by atoms with van der Waals surface area (Å²) in [5.41, 5.74) is 3.63. The molecule has 1 N–H and O–H groups in total. The number of benzene rings is 2. The van der Waals surface area contributed by atoms with E-state index in [4.69, 9.17) is 4.74 Å². The smallest absolute Gasteiger partial charge is 0.254 e. The molecule has 2 aromatic carbocycles. The lowest BCUT2D eigenvalue weighted by atomic mass is 9.73. The molecule has 1 unspecified atom stereocenters. The van der Waals surface area contributed by atoms with Gasteiger partial charge < -0.3 is 15.0 Å². The number of aromatic nitrogens is 2. The van der Waals surface area contributed by atoms with Gasteiger partial charge in [-0.2, -0.15) is 0 Å². The van der Waals surface area contributed by atoms with E-state index in [9.17, 15) is 9.59 Å². The second-order valence-corrected chi connectivity index (χ2v) is 11.4. The molecular weight excluding hydrogens is 504 g/mol. The molecule has 9 heteroatoms. The molecule has 2 aromatic heterocycles. The molecule has 0 bridgehead atoms. The number of amides is 2. The van der Waals surface area contributed by atoms with Gasteiger partial charge >= 0.3 is 0 Å². The number of nitrogens with zero attached hydrogens (tertiary/aromatic N) is 3. The van der Waals surface area contributed by atoms with Gasteiger partial charge in [-0.15, -0.1) is 21.5 Å². The number of morpholine rings is 1. The molecule has 5 rings (SSSR count). The van der Waals surface area contributed by atoms with Crippen LogP contribution in [0.15, 0.2) is 72.2 Å². The van der Waals surface area contributed by atoms with Crippen LogP contribution in [0.3, 0.4) is 0 Å². The molecule has 2 amide bonds. The van der Waals surface area contributed by atoms with Gasteiger partial charge in [0.1, 0.15) is 5.51 Å². The van der Waals surface area contributed by atoms with Crippen LogP contribution >= 0.6 is 22.7 Å². The van der Waals surface area contributed by atoms with Crippen molar-refractivity contribution in [3.63, 3.8) is 0 Å². The molecule has 37 heavy (non-hydrogen) atoms. The summed E-state index contributed by atoms with van der Waals surface area (Å²) in [7, 11) is 0.